The molecule has 4 rings (SSSR count). The maximum atomic E-state index is 12.2. The van der Waals surface area contributed by atoms with Crippen molar-refractivity contribution in [2.75, 3.05) is 38.2 Å². The number of carbonyl (C=O) groups excluding carboxylic acids is 1. The predicted molar refractivity (Wildman–Crippen MR) is 129 cm³/mol. The molecule has 6 heteroatoms. The first-order valence-electron chi connectivity index (χ1n) is 11.3. The number of methoxy groups -OCH3 is 1. The number of likely N-dealkylation sites (tertiary alicyclic amines) is 1. The third-order valence-corrected chi connectivity index (χ3v) is 6.69. The summed E-state index contributed by atoms with van der Waals surface area (Å²) in [4.78, 5) is 17.1. The van der Waals surface area contributed by atoms with Crippen molar-refractivity contribution in [1.82, 2.24) is 4.90 Å². The Hall–Kier alpha value is -2.50. The van der Waals surface area contributed by atoms with E-state index in [1.165, 1.54) is 19.1 Å². The molecule has 0 aliphatic carbocycles. The number of aryl methyl sites for hydroxylation is 1. The fourth-order valence-corrected chi connectivity index (χ4v) is 4.74. The standard InChI is InChI=1S/C26H31ClN2O3/c1-3-12-28-14-11-23(28)17-29-13-5-4-6-19-15-22(27)9-7-21(19)18-32-25-10-8-20(16-24(25)29)26(30)31-2/h3,7-10,15-16,23H,1,4-6,11-14,17-18H2,2H3/t23-/m0/s1. The molecule has 2 heterocycles. The van der Waals surface area contributed by atoms with Crippen LogP contribution in [0.4, 0.5) is 5.69 Å². The van der Waals surface area contributed by atoms with Crippen LogP contribution in [0.3, 0.4) is 0 Å². The molecule has 1 atom stereocenters. The number of rotatable bonds is 5. The SMILES string of the molecule is C=CCN1CC[C@H]1CN1CCCCc2cc(Cl)ccc2COc2ccc(C(=O)OC)cc21. The molecule has 0 bridgehead atoms. The van der Waals surface area contributed by atoms with Gasteiger partial charge in [-0.15, -0.1) is 6.58 Å². The second-order valence-electron chi connectivity index (χ2n) is 8.51. The average Bonchev–Trinajstić information content (AvgIpc) is 2.82. The molecule has 0 amide bonds. The lowest BCUT2D eigenvalue weighted by molar-refractivity contribution is 0.0600. The lowest BCUT2D eigenvalue weighted by atomic mass is 10.0. The molecule has 5 nitrogen and oxygen atoms in total. The first-order chi connectivity index (χ1) is 15.6. The van der Waals surface area contributed by atoms with Gasteiger partial charge in [-0.2, -0.15) is 0 Å². The number of nitrogens with zero attached hydrogens (tertiary/aromatic N) is 2. The molecular weight excluding hydrogens is 424 g/mol. The summed E-state index contributed by atoms with van der Waals surface area (Å²) in [5.74, 6) is 0.453. The molecule has 0 saturated carbocycles. The van der Waals surface area contributed by atoms with Crippen LogP contribution in [0.2, 0.25) is 5.02 Å². The fourth-order valence-electron chi connectivity index (χ4n) is 4.54. The Bertz CT molecular complexity index is 978. The summed E-state index contributed by atoms with van der Waals surface area (Å²) in [5, 5.41) is 0.760. The van der Waals surface area contributed by atoms with E-state index in [1.54, 1.807) is 6.07 Å². The molecule has 170 valence electrons. The maximum Gasteiger partial charge on any atom is 0.337 e. The number of halogens is 1. The molecule has 0 N–H and O–H groups in total. The number of anilines is 1. The number of hydrogen-bond donors (Lipinski definition) is 0. The van der Waals surface area contributed by atoms with Crippen LogP contribution in [0.5, 0.6) is 5.75 Å². The third kappa shape index (κ3) is 5.11. The second-order valence-corrected chi connectivity index (χ2v) is 8.94. The van der Waals surface area contributed by atoms with Crippen molar-refractivity contribution in [2.45, 2.75) is 38.3 Å². The van der Waals surface area contributed by atoms with Gasteiger partial charge in [-0.1, -0.05) is 23.7 Å². The van der Waals surface area contributed by atoms with Gasteiger partial charge in [0.25, 0.3) is 0 Å². The Morgan fingerprint density at radius 1 is 1.22 bits per heavy atom. The van der Waals surface area contributed by atoms with Crippen LogP contribution < -0.4 is 9.64 Å². The zero-order chi connectivity index (χ0) is 22.5. The van der Waals surface area contributed by atoms with E-state index in [1.807, 2.05) is 24.3 Å². The Labute approximate surface area is 195 Å². The molecule has 2 aromatic rings. The summed E-state index contributed by atoms with van der Waals surface area (Å²) in [7, 11) is 1.41. The summed E-state index contributed by atoms with van der Waals surface area (Å²) in [5.41, 5.74) is 3.89. The highest BCUT2D eigenvalue weighted by Gasteiger charge is 2.30. The number of ether oxygens (including phenoxy) is 2. The van der Waals surface area contributed by atoms with Gasteiger partial charge < -0.3 is 14.4 Å². The highest BCUT2D eigenvalue weighted by atomic mass is 35.5. The summed E-state index contributed by atoms with van der Waals surface area (Å²) in [6.07, 6.45) is 6.22. The highest BCUT2D eigenvalue weighted by Crippen LogP contribution is 2.34. The Balaban J connectivity index is 1.66. The molecule has 0 aromatic heterocycles. The predicted octanol–water partition coefficient (Wildman–Crippen LogP) is 5.11. The van der Waals surface area contributed by atoms with Crippen LogP contribution in [-0.2, 0) is 17.8 Å². The molecule has 0 radical (unpaired) electrons. The number of fused-ring (bicyclic) bond motifs is 2. The van der Waals surface area contributed by atoms with E-state index in [0.29, 0.717) is 18.2 Å². The van der Waals surface area contributed by atoms with E-state index in [0.717, 1.165) is 67.5 Å². The first-order valence-corrected chi connectivity index (χ1v) is 11.7. The molecule has 32 heavy (non-hydrogen) atoms. The minimum atomic E-state index is -0.334. The first kappa shape index (κ1) is 22.7. The topological polar surface area (TPSA) is 42.0 Å². The largest absolute Gasteiger partial charge is 0.487 e. The lowest BCUT2D eigenvalue weighted by Gasteiger charge is -2.43. The van der Waals surface area contributed by atoms with Gasteiger partial charge in [0.2, 0.25) is 0 Å². The molecule has 0 spiro atoms. The number of carbonyl (C=O) groups is 1. The van der Waals surface area contributed by atoms with Crippen molar-refractivity contribution in [3.63, 3.8) is 0 Å². The number of hydrogen-bond acceptors (Lipinski definition) is 5. The average molecular weight is 455 g/mol. The molecule has 1 saturated heterocycles. The number of esters is 1. The van der Waals surface area contributed by atoms with Crippen molar-refractivity contribution < 1.29 is 14.3 Å². The van der Waals surface area contributed by atoms with Gasteiger partial charge in [0, 0.05) is 37.2 Å². The van der Waals surface area contributed by atoms with Crippen LogP contribution >= 0.6 is 11.6 Å². The monoisotopic (exact) mass is 454 g/mol. The maximum absolute atomic E-state index is 12.2. The highest BCUT2D eigenvalue weighted by molar-refractivity contribution is 6.30. The minimum Gasteiger partial charge on any atom is -0.487 e. The van der Waals surface area contributed by atoms with E-state index >= 15 is 0 Å². The minimum absolute atomic E-state index is 0.334. The van der Waals surface area contributed by atoms with Gasteiger partial charge in [0.05, 0.1) is 18.4 Å². The zero-order valence-electron chi connectivity index (χ0n) is 18.7. The normalized spacial score (nSPS) is 18.9. The number of benzene rings is 2. The summed E-state index contributed by atoms with van der Waals surface area (Å²) in [6.45, 7) is 8.16. The molecule has 2 aromatic carbocycles. The molecule has 1 fully saturated rings. The van der Waals surface area contributed by atoms with Crippen LogP contribution in [-0.4, -0.2) is 50.2 Å². The van der Waals surface area contributed by atoms with Gasteiger partial charge in [-0.3, -0.25) is 4.90 Å². The van der Waals surface area contributed by atoms with E-state index in [2.05, 4.69) is 28.5 Å². The smallest absolute Gasteiger partial charge is 0.337 e. The Kier molecular flexibility index (Phi) is 7.38. The van der Waals surface area contributed by atoms with E-state index in [-0.39, 0.29) is 5.97 Å². The van der Waals surface area contributed by atoms with Crippen molar-refractivity contribution in [3.05, 3.63) is 70.8 Å². The molecule has 2 aliphatic heterocycles. The molecule has 0 unspecified atom stereocenters. The lowest BCUT2D eigenvalue weighted by Crippen LogP contribution is -2.53. The third-order valence-electron chi connectivity index (χ3n) is 6.46. The van der Waals surface area contributed by atoms with E-state index in [9.17, 15) is 4.79 Å². The fraction of sp³-hybridized carbons (Fsp3) is 0.423. The quantitative estimate of drug-likeness (QED) is 0.464. The van der Waals surface area contributed by atoms with Crippen LogP contribution in [0.25, 0.3) is 0 Å². The van der Waals surface area contributed by atoms with Gasteiger partial charge in [0.15, 0.2) is 0 Å². The summed E-state index contributed by atoms with van der Waals surface area (Å²) < 4.78 is 11.3. The second kappa shape index (κ2) is 10.4. The summed E-state index contributed by atoms with van der Waals surface area (Å²) in [6, 6.07) is 12.1. The van der Waals surface area contributed by atoms with Crippen molar-refractivity contribution in [3.8, 4) is 5.75 Å². The van der Waals surface area contributed by atoms with Crippen molar-refractivity contribution >= 4 is 23.3 Å². The van der Waals surface area contributed by atoms with E-state index in [4.69, 9.17) is 21.1 Å². The summed E-state index contributed by atoms with van der Waals surface area (Å²) >= 11 is 6.26. The Morgan fingerprint density at radius 3 is 2.84 bits per heavy atom. The van der Waals surface area contributed by atoms with E-state index < -0.39 is 0 Å². The van der Waals surface area contributed by atoms with Crippen molar-refractivity contribution in [2.24, 2.45) is 0 Å². The van der Waals surface area contributed by atoms with Gasteiger partial charge in [-0.25, -0.2) is 4.79 Å². The Morgan fingerprint density at radius 2 is 2.09 bits per heavy atom. The van der Waals surface area contributed by atoms with Crippen molar-refractivity contribution in [1.29, 1.82) is 0 Å². The van der Waals surface area contributed by atoms with Gasteiger partial charge in [0.1, 0.15) is 12.4 Å². The van der Waals surface area contributed by atoms with Crippen LogP contribution in [0.15, 0.2) is 49.1 Å². The van der Waals surface area contributed by atoms with Crippen LogP contribution in [0, 0.1) is 0 Å². The van der Waals surface area contributed by atoms with Crippen LogP contribution in [0.1, 0.15) is 40.7 Å². The molecular formula is C26H31ClN2O3. The zero-order valence-corrected chi connectivity index (χ0v) is 19.4. The molecule has 2 aliphatic rings. The van der Waals surface area contributed by atoms with Gasteiger partial charge in [-0.05, 0) is 67.1 Å². The van der Waals surface area contributed by atoms with Gasteiger partial charge >= 0.3 is 5.97 Å².